The molecule has 0 saturated carbocycles. The number of benzene rings is 2. The predicted octanol–water partition coefficient (Wildman–Crippen LogP) is 3.88. The van der Waals surface area contributed by atoms with Gasteiger partial charge in [0.05, 0.1) is 11.0 Å². The van der Waals surface area contributed by atoms with Crippen LogP contribution in [-0.4, -0.2) is 19.5 Å². The minimum atomic E-state index is 0.671. The molecule has 0 aliphatic carbocycles. The molecule has 0 aliphatic rings. The molecule has 4 aromatic rings. The Morgan fingerprint density at radius 2 is 1.38 bits per heavy atom. The van der Waals surface area contributed by atoms with Gasteiger partial charge in [0.15, 0.2) is 3.83 Å². The molecule has 0 aliphatic heterocycles. The van der Waals surface area contributed by atoms with Gasteiger partial charge >= 0.3 is 0 Å². The van der Waals surface area contributed by atoms with Gasteiger partial charge in [0.1, 0.15) is 5.82 Å². The average Bonchev–Trinajstić information content (AvgIpc) is 2.81. The lowest BCUT2D eigenvalue weighted by Crippen LogP contribution is -2.05. The molecule has 0 atom stereocenters. The van der Waals surface area contributed by atoms with E-state index in [4.69, 9.17) is 0 Å². The summed E-state index contributed by atoms with van der Waals surface area (Å²) >= 11 is 2.13. The highest BCUT2D eigenvalue weighted by molar-refractivity contribution is 14.1. The van der Waals surface area contributed by atoms with Gasteiger partial charge in [-0.2, -0.15) is 9.97 Å². The Kier molecular flexibility index (Phi) is 2.88. The summed E-state index contributed by atoms with van der Waals surface area (Å²) in [5.74, 6) is 1.40. The highest BCUT2D eigenvalue weighted by atomic mass is 127. The van der Waals surface area contributed by atoms with Gasteiger partial charge < -0.3 is 0 Å². The van der Waals surface area contributed by atoms with E-state index >= 15 is 0 Å². The second-order valence-electron chi connectivity index (χ2n) is 4.82. The van der Waals surface area contributed by atoms with Crippen molar-refractivity contribution in [1.82, 2.24) is 19.5 Å². The largest absolute Gasteiger partial charge is 0.278 e. The lowest BCUT2D eigenvalue weighted by molar-refractivity contribution is 0.877. The number of aromatic nitrogens is 4. The van der Waals surface area contributed by atoms with Crippen LogP contribution < -0.4 is 0 Å². The molecule has 0 bridgehead atoms. The fourth-order valence-electron chi connectivity index (χ4n) is 2.67. The summed E-state index contributed by atoms with van der Waals surface area (Å²) in [6.45, 7) is 1.89. The Morgan fingerprint density at radius 3 is 1.95 bits per heavy atom. The zero-order valence-corrected chi connectivity index (χ0v) is 13.4. The fraction of sp³-hybridized carbons (Fsp3) is 0.0625. The SMILES string of the molecule is Cc1nc(I)nc(-n2c3ccccc3c3ccccc32)n1. The van der Waals surface area contributed by atoms with Crippen molar-refractivity contribution in [2.45, 2.75) is 6.92 Å². The van der Waals surface area contributed by atoms with Gasteiger partial charge in [0, 0.05) is 33.4 Å². The van der Waals surface area contributed by atoms with Crippen molar-refractivity contribution in [1.29, 1.82) is 0 Å². The first-order valence-electron chi connectivity index (χ1n) is 6.61. The summed E-state index contributed by atoms with van der Waals surface area (Å²) in [5, 5.41) is 2.42. The van der Waals surface area contributed by atoms with E-state index in [-0.39, 0.29) is 0 Å². The summed E-state index contributed by atoms with van der Waals surface area (Å²) in [6.07, 6.45) is 0. The molecule has 4 rings (SSSR count). The summed E-state index contributed by atoms with van der Waals surface area (Å²) in [4.78, 5) is 13.3. The number of rotatable bonds is 1. The van der Waals surface area contributed by atoms with Gasteiger partial charge in [0.25, 0.3) is 0 Å². The van der Waals surface area contributed by atoms with E-state index in [0.29, 0.717) is 9.78 Å². The van der Waals surface area contributed by atoms with Crippen molar-refractivity contribution in [3.05, 3.63) is 58.2 Å². The molecule has 0 N–H and O–H groups in total. The van der Waals surface area contributed by atoms with Crippen molar-refractivity contribution in [3.63, 3.8) is 0 Å². The number of hydrogen-bond donors (Lipinski definition) is 0. The summed E-state index contributed by atoms with van der Waals surface area (Å²) in [7, 11) is 0. The number of para-hydroxylation sites is 2. The molecule has 2 aromatic heterocycles. The number of halogens is 1. The molecular formula is C16H11IN4. The molecule has 0 amide bonds. The number of hydrogen-bond acceptors (Lipinski definition) is 3. The summed E-state index contributed by atoms with van der Waals surface area (Å²) < 4.78 is 2.80. The van der Waals surface area contributed by atoms with E-state index in [9.17, 15) is 0 Å². The maximum Gasteiger partial charge on any atom is 0.238 e. The topological polar surface area (TPSA) is 43.6 Å². The number of aryl methyl sites for hydroxylation is 1. The normalized spacial score (nSPS) is 11.3. The zero-order chi connectivity index (χ0) is 14.4. The maximum absolute atomic E-state index is 4.51. The van der Waals surface area contributed by atoms with Crippen LogP contribution in [-0.2, 0) is 0 Å². The first kappa shape index (κ1) is 12.7. The average molecular weight is 386 g/mol. The Hall–Kier alpha value is -2.02. The standard InChI is InChI=1S/C16H11IN4/c1-10-18-15(17)20-16(19-10)21-13-8-4-2-6-11(13)12-7-3-5-9-14(12)21/h2-9H,1H3. The minimum Gasteiger partial charge on any atom is -0.278 e. The van der Waals surface area contributed by atoms with Crippen LogP contribution >= 0.6 is 22.6 Å². The molecule has 0 radical (unpaired) electrons. The third-order valence-corrected chi connectivity index (χ3v) is 3.97. The molecule has 4 nitrogen and oxygen atoms in total. The Labute approximate surface area is 135 Å². The highest BCUT2D eigenvalue weighted by Crippen LogP contribution is 2.30. The molecule has 102 valence electrons. The second-order valence-corrected chi connectivity index (χ2v) is 5.79. The molecule has 5 heteroatoms. The monoisotopic (exact) mass is 386 g/mol. The quantitative estimate of drug-likeness (QED) is 0.467. The van der Waals surface area contributed by atoms with Crippen LogP contribution in [0, 0.1) is 10.8 Å². The van der Waals surface area contributed by atoms with Crippen LogP contribution in [0.25, 0.3) is 27.8 Å². The van der Waals surface area contributed by atoms with Crippen LogP contribution in [0.15, 0.2) is 48.5 Å². The molecular weight excluding hydrogens is 375 g/mol. The Balaban J connectivity index is 2.20. The van der Waals surface area contributed by atoms with E-state index in [1.54, 1.807) is 0 Å². The van der Waals surface area contributed by atoms with E-state index in [1.807, 2.05) is 19.1 Å². The van der Waals surface area contributed by atoms with Crippen molar-refractivity contribution < 1.29 is 0 Å². The van der Waals surface area contributed by atoms with Gasteiger partial charge in [-0.1, -0.05) is 36.4 Å². The van der Waals surface area contributed by atoms with Crippen molar-refractivity contribution in [2.24, 2.45) is 0 Å². The molecule has 0 saturated heterocycles. The summed E-state index contributed by atoms with van der Waals surface area (Å²) in [6, 6.07) is 16.7. The van der Waals surface area contributed by atoms with Crippen LogP contribution in [0.3, 0.4) is 0 Å². The Morgan fingerprint density at radius 1 is 0.810 bits per heavy atom. The smallest absolute Gasteiger partial charge is 0.238 e. The minimum absolute atomic E-state index is 0.671. The highest BCUT2D eigenvalue weighted by Gasteiger charge is 2.13. The van der Waals surface area contributed by atoms with E-state index in [1.165, 1.54) is 10.8 Å². The Bertz CT molecular complexity index is 901. The maximum atomic E-state index is 4.51. The first-order chi connectivity index (χ1) is 10.2. The zero-order valence-electron chi connectivity index (χ0n) is 11.3. The molecule has 2 aromatic carbocycles. The fourth-order valence-corrected chi connectivity index (χ4v) is 3.24. The van der Waals surface area contributed by atoms with Gasteiger partial charge in [0.2, 0.25) is 5.95 Å². The molecule has 21 heavy (non-hydrogen) atoms. The van der Waals surface area contributed by atoms with Crippen molar-refractivity contribution in [2.75, 3.05) is 0 Å². The van der Waals surface area contributed by atoms with Crippen molar-refractivity contribution >= 4 is 44.4 Å². The van der Waals surface area contributed by atoms with E-state index < -0.39 is 0 Å². The number of nitrogens with zero attached hydrogens (tertiary/aromatic N) is 4. The van der Waals surface area contributed by atoms with Gasteiger partial charge in [-0.15, -0.1) is 0 Å². The molecule has 2 heterocycles. The van der Waals surface area contributed by atoms with Gasteiger partial charge in [-0.05, 0) is 19.1 Å². The predicted molar refractivity (Wildman–Crippen MR) is 91.6 cm³/mol. The van der Waals surface area contributed by atoms with Crippen LogP contribution in [0.4, 0.5) is 0 Å². The molecule has 0 unspecified atom stereocenters. The molecule has 0 spiro atoms. The van der Waals surface area contributed by atoms with Crippen LogP contribution in [0.1, 0.15) is 5.82 Å². The number of fused-ring (bicyclic) bond motifs is 3. The third kappa shape index (κ3) is 1.99. The van der Waals surface area contributed by atoms with Gasteiger partial charge in [-0.25, -0.2) is 4.98 Å². The van der Waals surface area contributed by atoms with Crippen LogP contribution in [0.2, 0.25) is 0 Å². The van der Waals surface area contributed by atoms with E-state index in [2.05, 4.69) is 78.5 Å². The van der Waals surface area contributed by atoms with Crippen molar-refractivity contribution in [3.8, 4) is 5.95 Å². The van der Waals surface area contributed by atoms with Gasteiger partial charge in [-0.3, -0.25) is 4.57 Å². The summed E-state index contributed by atoms with van der Waals surface area (Å²) in [5.41, 5.74) is 2.22. The third-order valence-electron chi connectivity index (χ3n) is 3.49. The van der Waals surface area contributed by atoms with E-state index in [0.717, 1.165) is 16.9 Å². The lowest BCUT2D eigenvalue weighted by Gasteiger charge is -2.06. The second kappa shape index (κ2) is 4.77. The first-order valence-corrected chi connectivity index (χ1v) is 7.68. The molecule has 0 fully saturated rings. The lowest BCUT2D eigenvalue weighted by atomic mass is 10.2. The van der Waals surface area contributed by atoms with Crippen LogP contribution in [0.5, 0.6) is 0 Å².